The smallest absolute Gasteiger partial charge is 0.242 e. The fraction of sp³-hybridized carbons (Fsp3) is 0.240. The van der Waals surface area contributed by atoms with Gasteiger partial charge in [-0.1, -0.05) is 48.0 Å². The zero-order chi connectivity index (χ0) is 23.1. The number of hydrogen-bond donors (Lipinski definition) is 2. The number of carbonyl (C=O) groups is 1. The monoisotopic (exact) mass is 452 g/mol. The molecule has 1 amide bonds. The van der Waals surface area contributed by atoms with Gasteiger partial charge in [-0.05, 0) is 68.7 Å². The van der Waals surface area contributed by atoms with Crippen molar-refractivity contribution >= 4 is 21.6 Å². The number of benzene rings is 3. The molecular weight excluding hydrogens is 424 g/mol. The third-order valence-electron chi connectivity index (χ3n) is 4.98. The van der Waals surface area contributed by atoms with E-state index in [0.717, 1.165) is 16.7 Å². The second kappa shape index (κ2) is 10.4. The van der Waals surface area contributed by atoms with Gasteiger partial charge in [0.05, 0.1) is 11.5 Å². The molecule has 2 N–H and O–H groups in total. The van der Waals surface area contributed by atoms with Gasteiger partial charge in [-0.3, -0.25) is 4.79 Å². The standard InChI is InChI=1S/C25H28N2O4S/c1-4-31-21-11-13-22(14-12-21)32(29,30)27-24(17-20-8-6-5-7-9-20)25(28)26-23-15-10-18(2)16-19(23)3/h5-16,24,27H,4,17H2,1-3H3,(H,26,28). The van der Waals surface area contributed by atoms with Crippen LogP contribution < -0.4 is 14.8 Å². The highest BCUT2D eigenvalue weighted by Gasteiger charge is 2.26. The number of nitrogens with one attached hydrogen (secondary N) is 2. The lowest BCUT2D eigenvalue weighted by Gasteiger charge is -2.20. The van der Waals surface area contributed by atoms with E-state index < -0.39 is 22.0 Å². The SMILES string of the molecule is CCOc1ccc(S(=O)(=O)NC(Cc2ccccc2)C(=O)Nc2ccc(C)cc2C)cc1. The van der Waals surface area contributed by atoms with Crippen LogP contribution in [0.25, 0.3) is 0 Å². The van der Waals surface area contributed by atoms with E-state index in [9.17, 15) is 13.2 Å². The van der Waals surface area contributed by atoms with Gasteiger partial charge in [-0.25, -0.2) is 8.42 Å². The normalized spacial score (nSPS) is 12.2. The summed E-state index contributed by atoms with van der Waals surface area (Å²) in [5, 5.41) is 2.87. The first-order valence-corrected chi connectivity index (χ1v) is 11.9. The van der Waals surface area contributed by atoms with Crippen LogP contribution in [-0.4, -0.2) is 27.0 Å². The van der Waals surface area contributed by atoms with E-state index in [0.29, 0.717) is 18.0 Å². The van der Waals surface area contributed by atoms with Crippen LogP contribution in [0.3, 0.4) is 0 Å². The maximum atomic E-state index is 13.1. The van der Waals surface area contributed by atoms with Crippen LogP contribution in [0, 0.1) is 13.8 Å². The number of aryl methyl sites for hydroxylation is 2. The van der Waals surface area contributed by atoms with Gasteiger partial charge in [-0.15, -0.1) is 0 Å². The van der Waals surface area contributed by atoms with Crippen LogP contribution in [0.15, 0.2) is 77.7 Å². The quantitative estimate of drug-likeness (QED) is 0.509. The van der Waals surface area contributed by atoms with Gasteiger partial charge in [0.15, 0.2) is 0 Å². The molecule has 6 nitrogen and oxygen atoms in total. The number of anilines is 1. The lowest BCUT2D eigenvalue weighted by atomic mass is 10.1. The second-order valence-electron chi connectivity index (χ2n) is 7.58. The number of carbonyl (C=O) groups excluding carboxylic acids is 1. The van der Waals surface area contributed by atoms with Gasteiger partial charge in [0.25, 0.3) is 0 Å². The maximum Gasteiger partial charge on any atom is 0.242 e. The Morgan fingerprint density at radius 1 is 0.969 bits per heavy atom. The molecule has 0 aliphatic carbocycles. The predicted octanol–water partition coefficient (Wildman–Crippen LogP) is 4.23. The zero-order valence-corrected chi connectivity index (χ0v) is 19.3. The average Bonchev–Trinajstić information content (AvgIpc) is 2.76. The Hall–Kier alpha value is -3.16. The molecule has 3 rings (SSSR count). The molecule has 0 aromatic heterocycles. The summed E-state index contributed by atoms with van der Waals surface area (Å²) >= 11 is 0. The molecule has 0 saturated carbocycles. The Kier molecular flexibility index (Phi) is 7.66. The van der Waals surface area contributed by atoms with Gasteiger partial charge in [0.2, 0.25) is 15.9 Å². The van der Waals surface area contributed by atoms with E-state index in [1.165, 1.54) is 12.1 Å². The van der Waals surface area contributed by atoms with Crippen molar-refractivity contribution < 1.29 is 17.9 Å². The summed E-state index contributed by atoms with van der Waals surface area (Å²) in [7, 11) is -3.93. The van der Waals surface area contributed by atoms with Crippen LogP contribution >= 0.6 is 0 Å². The molecule has 0 aliphatic rings. The number of rotatable bonds is 9. The highest BCUT2D eigenvalue weighted by Crippen LogP contribution is 2.19. The van der Waals surface area contributed by atoms with E-state index in [2.05, 4.69) is 10.0 Å². The van der Waals surface area contributed by atoms with Gasteiger partial charge < -0.3 is 10.1 Å². The van der Waals surface area contributed by atoms with Gasteiger partial charge >= 0.3 is 0 Å². The fourth-order valence-corrected chi connectivity index (χ4v) is 4.54. The molecule has 32 heavy (non-hydrogen) atoms. The highest BCUT2D eigenvalue weighted by atomic mass is 32.2. The Morgan fingerprint density at radius 3 is 2.28 bits per heavy atom. The summed E-state index contributed by atoms with van der Waals surface area (Å²) in [6.45, 7) is 6.22. The lowest BCUT2D eigenvalue weighted by Crippen LogP contribution is -2.45. The summed E-state index contributed by atoms with van der Waals surface area (Å²) in [4.78, 5) is 13.2. The molecule has 3 aromatic carbocycles. The molecule has 0 saturated heterocycles. The number of amides is 1. The average molecular weight is 453 g/mol. The highest BCUT2D eigenvalue weighted by molar-refractivity contribution is 7.89. The van der Waals surface area contributed by atoms with Crippen LogP contribution in [0.5, 0.6) is 5.75 Å². The molecule has 1 atom stereocenters. The van der Waals surface area contributed by atoms with Crippen molar-refractivity contribution in [3.63, 3.8) is 0 Å². The summed E-state index contributed by atoms with van der Waals surface area (Å²) in [6, 6.07) is 20.1. The molecule has 3 aromatic rings. The summed E-state index contributed by atoms with van der Waals surface area (Å²) < 4.78 is 34.0. The van der Waals surface area contributed by atoms with Crippen molar-refractivity contribution in [2.75, 3.05) is 11.9 Å². The fourth-order valence-electron chi connectivity index (χ4n) is 3.35. The second-order valence-corrected chi connectivity index (χ2v) is 9.29. The van der Waals surface area contributed by atoms with E-state index in [1.54, 1.807) is 12.1 Å². The first kappa shape index (κ1) is 23.5. The molecule has 7 heteroatoms. The summed E-state index contributed by atoms with van der Waals surface area (Å²) in [5.74, 6) is 0.162. The first-order valence-electron chi connectivity index (χ1n) is 10.5. The van der Waals surface area contributed by atoms with E-state index >= 15 is 0 Å². The van der Waals surface area contributed by atoms with Gasteiger partial charge in [0.1, 0.15) is 11.8 Å². The van der Waals surface area contributed by atoms with Gasteiger partial charge in [-0.2, -0.15) is 4.72 Å². The van der Waals surface area contributed by atoms with Crippen LogP contribution in [0.1, 0.15) is 23.6 Å². The number of ether oxygens (including phenoxy) is 1. The topological polar surface area (TPSA) is 84.5 Å². The molecule has 168 valence electrons. The molecule has 0 fully saturated rings. The molecular formula is C25H28N2O4S. The predicted molar refractivity (Wildman–Crippen MR) is 126 cm³/mol. The van der Waals surface area contributed by atoms with E-state index in [-0.39, 0.29) is 11.3 Å². The van der Waals surface area contributed by atoms with Crippen molar-refractivity contribution in [3.05, 3.63) is 89.5 Å². The Labute approximate surface area is 189 Å². The van der Waals surface area contributed by atoms with Gasteiger partial charge in [0, 0.05) is 5.69 Å². The van der Waals surface area contributed by atoms with E-state index in [4.69, 9.17) is 4.74 Å². The molecule has 0 bridgehead atoms. The Morgan fingerprint density at radius 2 is 1.66 bits per heavy atom. The van der Waals surface area contributed by atoms with Crippen LogP contribution in [0.4, 0.5) is 5.69 Å². The van der Waals surface area contributed by atoms with Crippen molar-refractivity contribution in [3.8, 4) is 5.75 Å². The minimum absolute atomic E-state index is 0.0679. The van der Waals surface area contributed by atoms with Crippen LogP contribution in [0.2, 0.25) is 0 Å². The molecule has 0 heterocycles. The number of sulfonamides is 1. The lowest BCUT2D eigenvalue weighted by molar-refractivity contribution is -0.117. The minimum Gasteiger partial charge on any atom is -0.494 e. The van der Waals surface area contributed by atoms with Crippen LogP contribution in [-0.2, 0) is 21.2 Å². The minimum atomic E-state index is -3.93. The maximum absolute atomic E-state index is 13.1. The van der Waals surface area contributed by atoms with Crippen molar-refractivity contribution in [1.82, 2.24) is 4.72 Å². The van der Waals surface area contributed by atoms with Crippen molar-refractivity contribution in [1.29, 1.82) is 0 Å². The van der Waals surface area contributed by atoms with Crippen molar-refractivity contribution in [2.45, 2.75) is 38.1 Å². The summed E-state index contributed by atoms with van der Waals surface area (Å²) in [6.07, 6.45) is 0.216. The Balaban J connectivity index is 1.85. The summed E-state index contributed by atoms with van der Waals surface area (Å²) in [5.41, 5.74) is 3.49. The largest absolute Gasteiger partial charge is 0.494 e. The van der Waals surface area contributed by atoms with E-state index in [1.807, 2.05) is 69.3 Å². The third-order valence-corrected chi connectivity index (χ3v) is 6.47. The number of hydrogen-bond acceptors (Lipinski definition) is 4. The third kappa shape index (κ3) is 6.18. The Bertz CT molecular complexity index is 1160. The molecule has 0 radical (unpaired) electrons. The molecule has 1 unspecified atom stereocenters. The zero-order valence-electron chi connectivity index (χ0n) is 18.5. The van der Waals surface area contributed by atoms with Crippen molar-refractivity contribution in [2.24, 2.45) is 0 Å². The molecule has 0 aliphatic heterocycles. The molecule has 0 spiro atoms. The first-order chi connectivity index (χ1) is 15.3.